The number of benzene rings is 1. The smallest absolute Gasteiger partial charge is 0.257 e. The number of anilines is 1. The molecule has 1 aromatic carbocycles. The fourth-order valence-corrected chi connectivity index (χ4v) is 4.31. The number of nitrogens with zero attached hydrogens (tertiary/aromatic N) is 2. The SMILES string of the molecule is Cc1noc(C)c1COCCOc1ccc(C(=O)Nc2nc(-c3cccs3)cs2)cc1. The van der Waals surface area contributed by atoms with Gasteiger partial charge in [0.25, 0.3) is 5.91 Å². The molecule has 0 radical (unpaired) electrons. The molecule has 1 N–H and O–H groups in total. The predicted octanol–water partition coefficient (Wildman–Crippen LogP) is 5.32. The van der Waals surface area contributed by atoms with Gasteiger partial charge in [0.15, 0.2) is 5.13 Å². The Kier molecular flexibility index (Phi) is 6.76. The Morgan fingerprint density at radius 1 is 1.13 bits per heavy atom. The summed E-state index contributed by atoms with van der Waals surface area (Å²) in [6, 6.07) is 11.0. The standard InChI is InChI=1S/C22H21N3O4S2/c1-14-18(15(2)29-25-14)12-27-9-10-28-17-7-5-16(6-8-17)21(26)24-22-23-19(13-31-22)20-4-3-11-30-20/h3-8,11,13H,9-10,12H2,1-2H3,(H,23,24,26). The van der Waals surface area contributed by atoms with E-state index in [4.69, 9.17) is 14.0 Å². The van der Waals surface area contributed by atoms with Gasteiger partial charge in [-0.2, -0.15) is 0 Å². The zero-order valence-electron chi connectivity index (χ0n) is 17.1. The van der Waals surface area contributed by atoms with E-state index >= 15 is 0 Å². The van der Waals surface area contributed by atoms with Crippen LogP contribution in [-0.4, -0.2) is 29.3 Å². The first-order valence-electron chi connectivity index (χ1n) is 9.63. The number of hydrogen-bond acceptors (Lipinski definition) is 8. The molecule has 0 saturated heterocycles. The number of hydrogen-bond donors (Lipinski definition) is 1. The van der Waals surface area contributed by atoms with E-state index in [0.29, 0.717) is 36.3 Å². The Hall–Kier alpha value is -3.01. The van der Waals surface area contributed by atoms with Crippen molar-refractivity contribution in [3.8, 4) is 16.3 Å². The van der Waals surface area contributed by atoms with Gasteiger partial charge in [0.05, 0.1) is 29.5 Å². The highest BCUT2D eigenvalue weighted by Gasteiger charge is 2.11. The highest BCUT2D eigenvalue weighted by molar-refractivity contribution is 7.16. The fourth-order valence-electron chi connectivity index (χ4n) is 2.84. The van der Waals surface area contributed by atoms with Gasteiger partial charge in [0, 0.05) is 16.5 Å². The Bertz CT molecular complexity index is 1110. The molecule has 9 heteroatoms. The molecule has 0 unspecified atom stereocenters. The first kappa shape index (κ1) is 21.2. The van der Waals surface area contributed by atoms with Crippen LogP contribution in [0.15, 0.2) is 51.7 Å². The number of rotatable bonds is 9. The van der Waals surface area contributed by atoms with E-state index in [0.717, 1.165) is 27.6 Å². The predicted molar refractivity (Wildman–Crippen MR) is 121 cm³/mol. The van der Waals surface area contributed by atoms with Crippen LogP contribution < -0.4 is 10.1 Å². The molecule has 0 fully saturated rings. The van der Waals surface area contributed by atoms with Gasteiger partial charge >= 0.3 is 0 Å². The number of thiazole rings is 1. The van der Waals surface area contributed by atoms with E-state index < -0.39 is 0 Å². The minimum Gasteiger partial charge on any atom is -0.491 e. The number of nitrogens with one attached hydrogen (secondary N) is 1. The van der Waals surface area contributed by atoms with Gasteiger partial charge in [-0.3, -0.25) is 10.1 Å². The molecule has 7 nitrogen and oxygen atoms in total. The topological polar surface area (TPSA) is 86.5 Å². The molecule has 0 aliphatic carbocycles. The summed E-state index contributed by atoms with van der Waals surface area (Å²) in [5.41, 5.74) is 3.22. The first-order valence-corrected chi connectivity index (χ1v) is 11.4. The molecule has 0 saturated carbocycles. The van der Waals surface area contributed by atoms with E-state index in [-0.39, 0.29) is 5.91 Å². The lowest BCUT2D eigenvalue weighted by Crippen LogP contribution is -2.12. The summed E-state index contributed by atoms with van der Waals surface area (Å²) >= 11 is 3.02. The molecule has 0 atom stereocenters. The molecule has 0 aliphatic heterocycles. The van der Waals surface area contributed by atoms with E-state index in [1.807, 2.05) is 36.7 Å². The van der Waals surface area contributed by atoms with Crippen LogP contribution in [0.3, 0.4) is 0 Å². The van der Waals surface area contributed by atoms with E-state index in [2.05, 4.69) is 15.5 Å². The lowest BCUT2D eigenvalue weighted by atomic mass is 10.2. The quantitative estimate of drug-likeness (QED) is 0.344. The zero-order chi connectivity index (χ0) is 21.6. The van der Waals surface area contributed by atoms with Gasteiger partial charge in [-0.05, 0) is 49.6 Å². The summed E-state index contributed by atoms with van der Waals surface area (Å²) in [6.45, 7) is 5.03. The minimum absolute atomic E-state index is 0.207. The number of aromatic nitrogens is 2. The summed E-state index contributed by atoms with van der Waals surface area (Å²) in [4.78, 5) is 18.0. The second-order valence-electron chi connectivity index (χ2n) is 6.70. The average Bonchev–Trinajstić information content (AvgIpc) is 3.52. The molecule has 0 spiro atoms. The Balaban J connectivity index is 1.23. The van der Waals surface area contributed by atoms with Crippen molar-refractivity contribution in [1.29, 1.82) is 0 Å². The third-order valence-electron chi connectivity index (χ3n) is 4.54. The van der Waals surface area contributed by atoms with E-state index in [9.17, 15) is 4.79 Å². The second-order valence-corrected chi connectivity index (χ2v) is 8.50. The third kappa shape index (κ3) is 5.38. The zero-order valence-corrected chi connectivity index (χ0v) is 18.7. The van der Waals surface area contributed by atoms with Gasteiger partial charge in [-0.15, -0.1) is 22.7 Å². The molecular weight excluding hydrogens is 434 g/mol. The summed E-state index contributed by atoms with van der Waals surface area (Å²) in [6.07, 6.45) is 0. The van der Waals surface area contributed by atoms with Crippen molar-refractivity contribution >= 4 is 33.7 Å². The van der Waals surface area contributed by atoms with Crippen LogP contribution in [0.25, 0.3) is 10.6 Å². The van der Waals surface area contributed by atoms with E-state index in [1.165, 1.54) is 11.3 Å². The third-order valence-corrected chi connectivity index (χ3v) is 6.19. The first-order chi connectivity index (χ1) is 15.1. The Morgan fingerprint density at radius 2 is 1.97 bits per heavy atom. The van der Waals surface area contributed by atoms with Gasteiger partial charge in [0.2, 0.25) is 0 Å². The maximum absolute atomic E-state index is 12.5. The number of thiophene rings is 1. The van der Waals surface area contributed by atoms with Crippen LogP contribution in [0.4, 0.5) is 5.13 Å². The van der Waals surface area contributed by atoms with E-state index in [1.54, 1.807) is 35.6 Å². The second kappa shape index (κ2) is 9.86. The highest BCUT2D eigenvalue weighted by atomic mass is 32.1. The molecule has 0 bridgehead atoms. The lowest BCUT2D eigenvalue weighted by molar-refractivity contribution is 0.0879. The number of ether oxygens (including phenoxy) is 2. The van der Waals surface area contributed by atoms with Crippen molar-refractivity contribution in [3.05, 3.63) is 69.7 Å². The molecule has 3 aromatic heterocycles. The number of carbonyl (C=O) groups is 1. The molecule has 160 valence electrons. The summed E-state index contributed by atoms with van der Waals surface area (Å²) in [5, 5.41) is 11.3. The monoisotopic (exact) mass is 455 g/mol. The molecular formula is C22H21N3O4S2. The summed E-state index contributed by atoms with van der Waals surface area (Å²) < 4.78 is 16.4. The van der Waals surface area contributed by atoms with Crippen molar-refractivity contribution in [2.45, 2.75) is 20.5 Å². The Morgan fingerprint density at radius 3 is 2.68 bits per heavy atom. The summed E-state index contributed by atoms with van der Waals surface area (Å²) in [7, 11) is 0. The van der Waals surface area contributed by atoms with Crippen molar-refractivity contribution in [2.24, 2.45) is 0 Å². The minimum atomic E-state index is -0.207. The number of amides is 1. The van der Waals surface area contributed by atoms with Crippen LogP contribution in [0.1, 0.15) is 27.4 Å². The maximum atomic E-state index is 12.5. The van der Waals surface area contributed by atoms with Gasteiger partial charge in [0.1, 0.15) is 18.1 Å². The fraction of sp³-hybridized carbons (Fsp3) is 0.227. The van der Waals surface area contributed by atoms with Gasteiger partial charge in [-0.25, -0.2) is 4.98 Å². The Labute approximate surface area is 187 Å². The van der Waals surface area contributed by atoms with Crippen LogP contribution in [0.2, 0.25) is 0 Å². The van der Waals surface area contributed by atoms with Gasteiger partial charge in [-0.1, -0.05) is 11.2 Å². The normalized spacial score (nSPS) is 10.9. The number of aryl methyl sites for hydroxylation is 2. The molecule has 3 heterocycles. The molecule has 1 amide bonds. The van der Waals surface area contributed by atoms with Crippen molar-refractivity contribution in [1.82, 2.24) is 10.1 Å². The lowest BCUT2D eigenvalue weighted by Gasteiger charge is -2.08. The highest BCUT2D eigenvalue weighted by Crippen LogP contribution is 2.28. The number of carbonyl (C=O) groups excluding carboxylic acids is 1. The molecule has 4 aromatic rings. The van der Waals surface area contributed by atoms with Crippen LogP contribution in [0, 0.1) is 13.8 Å². The van der Waals surface area contributed by atoms with Crippen molar-refractivity contribution in [2.75, 3.05) is 18.5 Å². The van der Waals surface area contributed by atoms with Gasteiger partial charge < -0.3 is 14.0 Å². The molecule has 4 rings (SSSR count). The van der Waals surface area contributed by atoms with Crippen LogP contribution >= 0.6 is 22.7 Å². The average molecular weight is 456 g/mol. The van der Waals surface area contributed by atoms with Crippen molar-refractivity contribution < 1.29 is 18.8 Å². The summed E-state index contributed by atoms with van der Waals surface area (Å²) in [5.74, 6) is 1.24. The van der Waals surface area contributed by atoms with Crippen molar-refractivity contribution in [3.63, 3.8) is 0 Å². The molecule has 0 aliphatic rings. The van der Waals surface area contributed by atoms with Crippen LogP contribution in [0.5, 0.6) is 5.75 Å². The largest absolute Gasteiger partial charge is 0.491 e. The maximum Gasteiger partial charge on any atom is 0.257 e. The van der Waals surface area contributed by atoms with Crippen LogP contribution in [-0.2, 0) is 11.3 Å². The molecule has 31 heavy (non-hydrogen) atoms.